The van der Waals surface area contributed by atoms with Crippen molar-refractivity contribution < 1.29 is 33.1 Å². The molecule has 2 saturated heterocycles. The fourth-order valence-electron chi connectivity index (χ4n) is 5.79. The van der Waals surface area contributed by atoms with Crippen LogP contribution in [-0.4, -0.2) is 96.0 Å². The Morgan fingerprint density at radius 1 is 0.818 bits per heavy atom. The molecule has 1 saturated carbocycles. The zero-order valence-electron chi connectivity index (χ0n) is 24.1. The Balaban J connectivity index is 1.23. The summed E-state index contributed by atoms with van der Waals surface area (Å²) >= 11 is 5.92. The maximum atomic E-state index is 13.6. The molecule has 4 amide bonds. The van der Waals surface area contributed by atoms with E-state index in [4.69, 9.17) is 25.5 Å². The molecule has 0 spiro atoms. The lowest BCUT2D eigenvalue weighted by Gasteiger charge is -2.33. The molecule has 44 heavy (non-hydrogen) atoms. The molecule has 14 heteroatoms. The first kappa shape index (κ1) is 30.0. The highest BCUT2D eigenvalue weighted by atomic mass is 35.5. The van der Waals surface area contributed by atoms with Gasteiger partial charge in [-0.1, -0.05) is 11.6 Å². The molecule has 13 nitrogen and oxygen atoms in total. The van der Waals surface area contributed by atoms with E-state index in [1.54, 1.807) is 17.0 Å². The lowest BCUT2D eigenvalue weighted by molar-refractivity contribution is -0.141. The first-order valence-corrected chi connectivity index (χ1v) is 15.2. The molecule has 0 bridgehead atoms. The van der Waals surface area contributed by atoms with Gasteiger partial charge in [-0.3, -0.25) is 19.2 Å². The minimum atomic E-state index is -0.658. The van der Waals surface area contributed by atoms with Gasteiger partial charge in [-0.25, -0.2) is 9.97 Å². The molecule has 0 aromatic carbocycles. The summed E-state index contributed by atoms with van der Waals surface area (Å²) in [5.74, 6) is -1.58. The minimum absolute atomic E-state index is 0.0691. The molecule has 232 valence electrons. The minimum Gasteiger partial charge on any atom is -0.447 e. The van der Waals surface area contributed by atoms with Crippen LogP contribution >= 0.6 is 11.6 Å². The summed E-state index contributed by atoms with van der Waals surface area (Å²) < 4.78 is 16.6. The number of aromatic nitrogens is 2. The Labute approximate surface area is 258 Å². The summed E-state index contributed by atoms with van der Waals surface area (Å²) in [4.78, 5) is 65.3. The number of nitrogens with zero attached hydrogens (tertiary/aromatic N) is 4. The monoisotopic (exact) mass is 624 g/mol. The first-order chi connectivity index (χ1) is 21.4. The summed E-state index contributed by atoms with van der Waals surface area (Å²) in [5, 5.41) is 5.94. The van der Waals surface area contributed by atoms with E-state index in [0.29, 0.717) is 83.3 Å². The van der Waals surface area contributed by atoms with E-state index in [9.17, 15) is 19.2 Å². The van der Waals surface area contributed by atoms with Gasteiger partial charge in [-0.15, -0.1) is 0 Å². The number of pyridine rings is 2. The summed E-state index contributed by atoms with van der Waals surface area (Å²) in [5.41, 5.74) is 0.638. The molecule has 0 unspecified atom stereocenters. The van der Waals surface area contributed by atoms with Crippen LogP contribution in [0.1, 0.15) is 46.7 Å². The molecule has 0 atom stereocenters. The topological polar surface area (TPSA) is 156 Å². The molecule has 3 aromatic rings. The third-order valence-corrected chi connectivity index (χ3v) is 8.47. The third-order valence-electron chi connectivity index (χ3n) is 8.24. The van der Waals surface area contributed by atoms with E-state index in [-0.39, 0.29) is 63.6 Å². The van der Waals surface area contributed by atoms with Crippen molar-refractivity contribution in [1.29, 1.82) is 0 Å². The van der Waals surface area contributed by atoms with Crippen molar-refractivity contribution >= 4 is 57.8 Å². The van der Waals surface area contributed by atoms with E-state index in [1.165, 1.54) is 18.3 Å². The van der Waals surface area contributed by atoms with Gasteiger partial charge >= 0.3 is 0 Å². The van der Waals surface area contributed by atoms with Crippen molar-refractivity contribution in [3.8, 4) is 0 Å². The van der Waals surface area contributed by atoms with Gasteiger partial charge < -0.3 is 34.3 Å². The number of morpholine rings is 2. The average molecular weight is 625 g/mol. The Hall–Kier alpha value is -4.07. The number of hydrogen-bond donors (Lipinski definition) is 2. The van der Waals surface area contributed by atoms with Crippen LogP contribution in [0.3, 0.4) is 0 Å². The Morgan fingerprint density at radius 2 is 1.48 bits per heavy atom. The molecule has 6 rings (SSSR count). The van der Waals surface area contributed by atoms with E-state index in [0.717, 1.165) is 0 Å². The fraction of sp³-hybridized carbons (Fsp3) is 0.467. The second kappa shape index (κ2) is 13.3. The molecule has 3 fully saturated rings. The van der Waals surface area contributed by atoms with Crippen LogP contribution in [0, 0.1) is 11.8 Å². The molecular formula is C30H33ClN6O7. The number of furan rings is 1. The molecule has 0 radical (unpaired) electrons. The lowest BCUT2D eigenvalue weighted by Crippen LogP contribution is -2.44. The van der Waals surface area contributed by atoms with Crippen molar-refractivity contribution in [2.24, 2.45) is 11.8 Å². The first-order valence-electron chi connectivity index (χ1n) is 14.8. The van der Waals surface area contributed by atoms with Gasteiger partial charge in [0.25, 0.3) is 11.8 Å². The van der Waals surface area contributed by atoms with Crippen molar-refractivity contribution in [2.45, 2.75) is 25.7 Å². The van der Waals surface area contributed by atoms with Gasteiger partial charge in [-0.2, -0.15) is 0 Å². The van der Waals surface area contributed by atoms with Gasteiger partial charge in [0.2, 0.25) is 17.6 Å². The van der Waals surface area contributed by atoms with E-state index in [1.807, 2.05) is 4.90 Å². The van der Waals surface area contributed by atoms with Crippen molar-refractivity contribution in [3.63, 3.8) is 0 Å². The van der Waals surface area contributed by atoms with Gasteiger partial charge in [0, 0.05) is 44.2 Å². The molecule has 2 aliphatic heterocycles. The van der Waals surface area contributed by atoms with Crippen LogP contribution in [0.4, 0.5) is 11.5 Å². The molecule has 3 aliphatic rings. The normalized spacial score (nSPS) is 20.8. The molecule has 1 aliphatic carbocycles. The lowest BCUT2D eigenvalue weighted by atomic mass is 9.81. The predicted molar refractivity (Wildman–Crippen MR) is 159 cm³/mol. The zero-order chi connectivity index (χ0) is 30.6. The van der Waals surface area contributed by atoms with E-state index in [2.05, 4.69) is 20.6 Å². The Morgan fingerprint density at radius 3 is 2.14 bits per heavy atom. The number of amides is 4. The summed E-state index contributed by atoms with van der Waals surface area (Å²) in [6.45, 7) is 4.00. The highest BCUT2D eigenvalue weighted by Crippen LogP contribution is 2.35. The second-order valence-electron chi connectivity index (χ2n) is 11.0. The van der Waals surface area contributed by atoms with Gasteiger partial charge in [0.05, 0.1) is 31.5 Å². The number of carbonyl (C=O) groups is 4. The van der Waals surface area contributed by atoms with Gasteiger partial charge in [0.15, 0.2) is 5.58 Å². The molecule has 5 heterocycles. The van der Waals surface area contributed by atoms with E-state index >= 15 is 0 Å². The Bertz CT molecular complexity index is 1540. The number of carbonyl (C=O) groups excluding carboxylic acids is 4. The van der Waals surface area contributed by atoms with Gasteiger partial charge in [0.1, 0.15) is 22.7 Å². The quantitative estimate of drug-likeness (QED) is 0.420. The number of nitrogens with one attached hydrogen (secondary N) is 2. The number of rotatable bonds is 6. The van der Waals surface area contributed by atoms with Crippen molar-refractivity contribution in [2.75, 3.05) is 63.2 Å². The largest absolute Gasteiger partial charge is 0.447 e. The average Bonchev–Trinajstić information content (AvgIpc) is 3.43. The maximum Gasteiger partial charge on any atom is 0.294 e. The number of hydrogen-bond acceptors (Lipinski definition) is 9. The molecule has 3 aromatic heterocycles. The molecule has 2 N–H and O–H groups in total. The van der Waals surface area contributed by atoms with Crippen LogP contribution < -0.4 is 10.6 Å². The number of halogens is 1. The standard InChI is InChI=1S/C30H33ClN6O7/c31-20-5-8-23(32-17-20)34-28(39)26-25(24-22(44-26)7-6-21(33-24)30(41)37-11-15-43-16-12-37)35-27(38)18-1-3-19(4-2-18)29(40)36-9-13-42-14-10-36/h5-8,17-19H,1-4,9-16H2,(H,35,38)(H,32,34,39). The summed E-state index contributed by atoms with van der Waals surface area (Å²) in [7, 11) is 0. The Kier molecular flexibility index (Phi) is 9.05. The SMILES string of the molecule is O=C(Nc1ccc(Cl)cn1)c1oc2ccc(C(=O)N3CCOCC3)nc2c1NC(=O)C1CCC(C(=O)N2CCOCC2)CC1. The van der Waals surface area contributed by atoms with Crippen LogP contribution in [0.15, 0.2) is 34.9 Å². The summed E-state index contributed by atoms with van der Waals surface area (Å²) in [6, 6.07) is 6.21. The second-order valence-corrected chi connectivity index (χ2v) is 11.5. The van der Waals surface area contributed by atoms with Crippen LogP contribution in [-0.2, 0) is 19.1 Å². The van der Waals surface area contributed by atoms with Crippen LogP contribution in [0.2, 0.25) is 5.02 Å². The van der Waals surface area contributed by atoms with Crippen molar-refractivity contribution in [3.05, 3.63) is 46.9 Å². The van der Waals surface area contributed by atoms with Crippen LogP contribution in [0.5, 0.6) is 0 Å². The number of anilines is 2. The van der Waals surface area contributed by atoms with Crippen molar-refractivity contribution in [1.82, 2.24) is 19.8 Å². The smallest absolute Gasteiger partial charge is 0.294 e. The zero-order valence-corrected chi connectivity index (χ0v) is 24.8. The fourth-order valence-corrected chi connectivity index (χ4v) is 5.90. The van der Waals surface area contributed by atoms with Crippen LogP contribution in [0.25, 0.3) is 11.1 Å². The number of ether oxygens (including phenoxy) is 2. The predicted octanol–water partition coefficient (Wildman–Crippen LogP) is 3.20. The third kappa shape index (κ3) is 6.54. The maximum absolute atomic E-state index is 13.6. The van der Waals surface area contributed by atoms with E-state index < -0.39 is 5.91 Å². The highest BCUT2D eigenvalue weighted by Gasteiger charge is 2.34. The number of fused-ring (bicyclic) bond motifs is 1. The van der Waals surface area contributed by atoms with Gasteiger partial charge in [-0.05, 0) is 49.9 Å². The summed E-state index contributed by atoms with van der Waals surface area (Å²) in [6.07, 6.45) is 3.61. The molecular weight excluding hydrogens is 592 g/mol. The highest BCUT2D eigenvalue weighted by molar-refractivity contribution is 6.30.